The molecule has 12 heavy (non-hydrogen) atoms. The SMILES string of the molecule is CCCC(/C=C/C(=O)OC)CC. The van der Waals surface area contributed by atoms with E-state index in [4.69, 9.17) is 0 Å². The zero-order valence-electron chi connectivity index (χ0n) is 8.17. The van der Waals surface area contributed by atoms with Gasteiger partial charge in [-0.15, -0.1) is 0 Å². The Balaban J connectivity index is 3.83. The highest BCUT2D eigenvalue weighted by atomic mass is 16.5. The smallest absolute Gasteiger partial charge is 0.330 e. The lowest BCUT2D eigenvalue weighted by Gasteiger charge is -2.06. The van der Waals surface area contributed by atoms with Gasteiger partial charge in [0.25, 0.3) is 0 Å². The summed E-state index contributed by atoms with van der Waals surface area (Å²) in [7, 11) is 1.40. The summed E-state index contributed by atoms with van der Waals surface area (Å²) in [4.78, 5) is 10.7. The first-order chi connectivity index (χ1) is 5.74. The summed E-state index contributed by atoms with van der Waals surface area (Å²) in [6.07, 6.45) is 6.84. The third-order valence-electron chi connectivity index (χ3n) is 1.89. The van der Waals surface area contributed by atoms with E-state index in [9.17, 15) is 4.79 Å². The van der Waals surface area contributed by atoms with Gasteiger partial charge in [0.2, 0.25) is 0 Å². The van der Waals surface area contributed by atoms with Crippen LogP contribution in [0.4, 0.5) is 0 Å². The molecule has 0 aromatic heterocycles. The van der Waals surface area contributed by atoms with Crippen molar-refractivity contribution in [2.45, 2.75) is 33.1 Å². The molecule has 0 spiro atoms. The number of carbonyl (C=O) groups excluding carboxylic acids is 1. The Morgan fingerprint density at radius 1 is 1.50 bits per heavy atom. The highest BCUT2D eigenvalue weighted by molar-refractivity contribution is 5.81. The molecule has 0 rings (SSSR count). The van der Waals surface area contributed by atoms with Crippen LogP contribution in [-0.4, -0.2) is 13.1 Å². The van der Waals surface area contributed by atoms with Crippen molar-refractivity contribution in [2.24, 2.45) is 5.92 Å². The van der Waals surface area contributed by atoms with Crippen molar-refractivity contribution in [1.82, 2.24) is 0 Å². The Morgan fingerprint density at radius 2 is 2.17 bits per heavy atom. The highest BCUT2D eigenvalue weighted by Gasteiger charge is 2.00. The van der Waals surface area contributed by atoms with Crippen LogP contribution in [0.15, 0.2) is 12.2 Å². The standard InChI is InChI=1S/C10H18O2/c1-4-6-9(5-2)7-8-10(11)12-3/h7-9H,4-6H2,1-3H3/b8-7+. The zero-order valence-corrected chi connectivity index (χ0v) is 8.17. The summed E-state index contributed by atoms with van der Waals surface area (Å²) in [5.74, 6) is 0.263. The molecule has 0 aliphatic heterocycles. The van der Waals surface area contributed by atoms with Crippen LogP contribution in [0.3, 0.4) is 0 Å². The van der Waals surface area contributed by atoms with Crippen molar-refractivity contribution in [2.75, 3.05) is 7.11 Å². The molecule has 2 nitrogen and oxygen atoms in total. The summed E-state index contributed by atoms with van der Waals surface area (Å²) >= 11 is 0. The van der Waals surface area contributed by atoms with Crippen molar-refractivity contribution >= 4 is 5.97 Å². The van der Waals surface area contributed by atoms with Gasteiger partial charge < -0.3 is 4.74 Å². The fourth-order valence-electron chi connectivity index (χ4n) is 1.09. The molecule has 1 atom stereocenters. The van der Waals surface area contributed by atoms with Gasteiger partial charge in [-0.3, -0.25) is 0 Å². The van der Waals surface area contributed by atoms with Crippen LogP contribution in [0.5, 0.6) is 0 Å². The summed E-state index contributed by atoms with van der Waals surface area (Å²) in [6.45, 7) is 4.27. The van der Waals surface area contributed by atoms with Crippen molar-refractivity contribution in [3.63, 3.8) is 0 Å². The van der Waals surface area contributed by atoms with E-state index >= 15 is 0 Å². The van der Waals surface area contributed by atoms with E-state index < -0.39 is 0 Å². The van der Waals surface area contributed by atoms with E-state index in [0.29, 0.717) is 5.92 Å². The van der Waals surface area contributed by atoms with Gasteiger partial charge in [0, 0.05) is 6.08 Å². The number of allylic oxidation sites excluding steroid dienone is 1. The number of rotatable bonds is 5. The fourth-order valence-corrected chi connectivity index (χ4v) is 1.09. The molecule has 2 heteroatoms. The Kier molecular flexibility index (Phi) is 6.44. The molecule has 0 saturated carbocycles. The fraction of sp³-hybridized carbons (Fsp3) is 0.700. The zero-order chi connectivity index (χ0) is 9.40. The second kappa shape index (κ2) is 6.89. The largest absolute Gasteiger partial charge is 0.466 e. The molecule has 0 aliphatic rings. The third-order valence-corrected chi connectivity index (χ3v) is 1.89. The van der Waals surface area contributed by atoms with Crippen molar-refractivity contribution < 1.29 is 9.53 Å². The van der Waals surface area contributed by atoms with Crippen LogP contribution < -0.4 is 0 Å². The maximum absolute atomic E-state index is 10.7. The molecule has 0 N–H and O–H groups in total. The maximum atomic E-state index is 10.7. The van der Waals surface area contributed by atoms with E-state index in [-0.39, 0.29) is 5.97 Å². The first-order valence-electron chi connectivity index (χ1n) is 4.50. The van der Waals surface area contributed by atoms with Crippen LogP contribution in [0.1, 0.15) is 33.1 Å². The normalized spacial score (nSPS) is 13.2. The minimum atomic E-state index is -0.260. The van der Waals surface area contributed by atoms with E-state index in [1.807, 2.05) is 6.08 Å². The molecule has 70 valence electrons. The van der Waals surface area contributed by atoms with Gasteiger partial charge >= 0.3 is 5.97 Å². The minimum Gasteiger partial charge on any atom is -0.466 e. The Hall–Kier alpha value is -0.790. The predicted molar refractivity (Wildman–Crippen MR) is 49.8 cm³/mol. The van der Waals surface area contributed by atoms with Crippen LogP contribution in [0.25, 0.3) is 0 Å². The molecular weight excluding hydrogens is 152 g/mol. The Morgan fingerprint density at radius 3 is 2.58 bits per heavy atom. The number of hydrogen-bond donors (Lipinski definition) is 0. The van der Waals surface area contributed by atoms with Crippen molar-refractivity contribution in [3.8, 4) is 0 Å². The quantitative estimate of drug-likeness (QED) is 0.468. The van der Waals surface area contributed by atoms with Crippen LogP contribution in [0.2, 0.25) is 0 Å². The summed E-state index contributed by atoms with van der Waals surface area (Å²) in [5, 5.41) is 0. The monoisotopic (exact) mass is 170 g/mol. The lowest BCUT2D eigenvalue weighted by molar-refractivity contribution is -0.134. The first-order valence-corrected chi connectivity index (χ1v) is 4.50. The summed E-state index contributed by atoms with van der Waals surface area (Å²) < 4.78 is 4.50. The first kappa shape index (κ1) is 11.2. The van der Waals surface area contributed by atoms with Gasteiger partial charge in [-0.1, -0.05) is 26.3 Å². The lowest BCUT2D eigenvalue weighted by Crippen LogP contribution is -1.98. The van der Waals surface area contributed by atoms with Crippen molar-refractivity contribution in [1.29, 1.82) is 0 Å². The predicted octanol–water partition coefficient (Wildman–Crippen LogP) is 2.54. The highest BCUT2D eigenvalue weighted by Crippen LogP contribution is 2.11. The van der Waals surface area contributed by atoms with E-state index in [1.165, 1.54) is 13.2 Å². The van der Waals surface area contributed by atoms with Gasteiger partial charge in [0.15, 0.2) is 0 Å². The number of methoxy groups -OCH3 is 1. The van der Waals surface area contributed by atoms with E-state index in [0.717, 1.165) is 19.3 Å². The average Bonchev–Trinajstić information content (AvgIpc) is 2.11. The maximum Gasteiger partial charge on any atom is 0.330 e. The molecule has 0 saturated heterocycles. The molecule has 0 bridgehead atoms. The van der Waals surface area contributed by atoms with Crippen LogP contribution in [0, 0.1) is 5.92 Å². The van der Waals surface area contributed by atoms with E-state index in [1.54, 1.807) is 0 Å². The lowest BCUT2D eigenvalue weighted by atomic mass is 10.0. The number of hydrogen-bond acceptors (Lipinski definition) is 2. The van der Waals surface area contributed by atoms with Crippen LogP contribution >= 0.6 is 0 Å². The Bertz CT molecular complexity index is 150. The molecule has 0 aromatic rings. The van der Waals surface area contributed by atoms with Gasteiger partial charge in [0.1, 0.15) is 0 Å². The van der Waals surface area contributed by atoms with Crippen molar-refractivity contribution in [3.05, 3.63) is 12.2 Å². The van der Waals surface area contributed by atoms with Gasteiger partial charge in [-0.25, -0.2) is 4.79 Å². The molecule has 0 aliphatic carbocycles. The number of ether oxygens (including phenoxy) is 1. The molecule has 0 amide bonds. The van der Waals surface area contributed by atoms with Gasteiger partial charge in [-0.05, 0) is 18.8 Å². The molecule has 0 fully saturated rings. The number of carbonyl (C=O) groups is 1. The topological polar surface area (TPSA) is 26.3 Å². The average molecular weight is 170 g/mol. The van der Waals surface area contributed by atoms with Crippen LogP contribution in [-0.2, 0) is 9.53 Å². The molecule has 0 heterocycles. The minimum absolute atomic E-state index is 0.260. The third kappa shape index (κ3) is 4.94. The Labute approximate surface area is 74.6 Å². The number of esters is 1. The molecule has 1 unspecified atom stereocenters. The molecule has 0 aromatic carbocycles. The molecular formula is C10H18O2. The second-order valence-corrected chi connectivity index (χ2v) is 2.84. The second-order valence-electron chi connectivity index (χ2n) is 2.84. The summed E-state index contributed by atoms with van der Waals surface area (Å²) in [6, 6.07) is 0. The van der Waals surface area contributed by atoms with Gasteiger partial charge in [-0.2, -0.15) is 0 Å². The van der Waals surface area contributed by atoms with Gasteiger partial charge in [0.05, 0.1) is 7.11 Å². The molecule has 0 radical (unpaired) electrons. The van der Waals surface area contributed by atoms with E-state index in [2.05, 4.69) is 18.6 Å². The summed E-state index contributed by atoms with van der Waals surface area (Å²) in [5.41, 5.74) is 0.